The molecule has 0 saturated heterocycles. The fraction of sp³-hybridized carbons (Fsp3) is 0.944. The number of carbonyl (C=O) groups excluding carboxylic acids is 3. The number of hydrogen-bond donors (Lipinski definition) is 1. The molecule has 360 valence electrons. The molecule has 0 aromatic carbocycles. The van der Waals surface area contributed by atoms with E-state index in [9.17, 15) is 24.6 Å². The normalized spacial score (nSPS) is 10.7. The molecule has 0 saturated carbocycles. The molecule has 0 aromatic rings. The third-order valence-electron chi connectivity index (χ3n) is 12.0. The molecule has 0 spiro atoms. The molecule has 0 aliphatic carbocycles. The van der Waals surface area contributed by atoms with Crippen molar-refractivity contribution in [1.82, 2.24) is 0 Å². The van der Waals surface area contributed by atoms with E-state index in [2.05, 4.69) is 20.8 Å². The number of carbonyl (C=O) groups is 3. The van der Waals surface area contributed by atoms with E-state index >= 15 is 0 Å². The first-order valence-corrected chi connectivity index (χ1v) is 27.0. The van der Waals surface area contributed by atoms with Crippen LogP contribution in [-0.4, -0.2) is 17.8 Å². The summed E-state index contributed by atoms with van der Waals surface area (Å²) in [6.45, 7) is 6.81. The molecule has 0 bridgehead atoms. The van der Waals surface area contributed by atoms with E-state index < -0.39 is 11.9 Å². The molecule has 0 rings (SSSR count). The molecule has 0 aromatic heterocycles. The SMILES string of the molecule is CCCCCCCCCCCCCCCCCC(=O)[O-].CCCCCCCCCCCCCCCCCC(=O)[O-].CCCCCCCCCCCCCCCCCC(N)=O.[Zn+2]. The summed E-state index contributed by atoms with van der Waals surface area (Å²) in [6.07, 6.45) is 60.6. The van der Waals surface area contributed by atoms with Crippen molar-refractivity contribution in [3.63, 3.8) is 0 Å². The molecule has 0 aliphatic heterocycles. The Labute approximate surface area is 394 Å². The van der Waals surface area contributed by atoms with Gasteiger partial charge in [-0.2, -0.15) is 0 Å². The first kappa shape index (κ1) is 66.6. The summed E-state index contributed by atoms with van der Waals surface area (Å²) in [6, 6.07) is 0. The minimum atomic E-state index is -0.903. The molecule has 6 nitrogen and oxygen atoms in total. The second-order valence-corrected chi connectivity index (χ2v) is 18.3. The molecule has 7 heteroatoms. The van der Waals surface area contributed by atoms with E-state index in [1.54, 1.807) is 0 Å². The Kier molecular flexibility index (Phi) is 69.2. The van der Waals surface area contributed by atoms with Crippen LogP contribution in [0.15, 0.2) is 0 Å². The van der Waals surface area contributed by atoms with E-state index in [1.165, 1.54) is 257 Å². The summed E-state index contributed by atoms with van der Waals surface area (Å²) in [7, 11) is 0. The molecule has 0 radical (unpaired) electrons. The number of carboxylic acids is 2. The maximum absolute atomic E-state index is 10.6. The monoisotopic (exact) mass is 914 g/mol. The number of unbranched alkanes of at least 4 members (excludes halogenated alkanes) is 42. The van der Waals surface area contributed by atoms with Gasteiger partial charge in [0.1, 0.15) is 0 Å². The van der Waals surface area contributed by atoms with Crippen molar-refractivity contribution in [3.05, 3.63) is 0 Å². The maximum Gasteiger partial charge on any atom is 2.00 e. The van der Waals surface area contributed by atoms with Crippen LogP contribution < -0.4 is 15.9 Å². The van der Waals surface area contributed by atoms with Gasteiger partial charge in [0.15, 0.2) is 0 Å². The van der Waals surface area contributed by atoms with Gasteiger partial charge in [-0.05, 0) is 32.1 Å². The Bertz CT molecular complexity index is 721. The molecule has 0 unspecified atom stereocenters. The van der Waals surface area contributed by atoms with Gasteiger partial charge < -0.3 is 25.5 Å². The Morgan fingerprint density at radius 1 is 0.262 bits per heavy atom. The van der Waals surface area contributed by atoms with E-state index in [1.807, 2.05) is 0 Å². The number of amides is 1. The second-order valence-electron chi connectivity index (χ2n) is 18.3. The molecular weight excluding hydrogens is 808 g/mol. The second kappa shape index (κ2) is 63.3. The van der Waals surface area contributed by atoms with Crippen LogP contribution in [0.3, 0.4) is 0 Å². The van der Waals surface area contributed by atoms with Gasteiger partial charge in [0.2, 0.25) is 5.91 Å². The Morgan fingerprint density at radius 2 is 0.393 bits per heavy atom. The van der Waals surface area contributed by atoms with Crippen molar-refractivity contribution < 1.29 is 44.1 Å². The van der Waals surface area contributed by atoms with E-state index in [0.29, 0.717) is 6.42 Å². The number of rotatable bonds is 48. The molecule has 61 heavy (non-hydrogen) atoms. The molecule has 0 heterocycles. The smallest absolute Gasteiger partial charge is 0.550 e. The first-order chi connectivity index (χ1) is 29.3. The number of primary amides is 1. The van der Waals surface area contributed by atoms with Crippen LogP contribution in [0, 0.1) is 0 Å². The van der Waals surface area contributed by atoms with Gasteiger partial charge in [0.25, 0.3) is 0 Å². The largest absolute Gasteiger partial charge is 2.00 e. The van der Waals surface area contributed by atoms with Gasteiger partial charge in [0.05, 0.1) is 0 Å². The zero-order chi connectivity index (χ0) is 44.7. The van der Waals surface area contributed by atoms with Crippen LogP contribution in [-0.2, 0) is 33.9 Å². The fourth-order valence-electron chi connectivity index (χ4n) is 7.95. The van der Waals surface area contributed by atoms with Gasteiger partial charge in [-0.3, -0.25) is 4.79 Å². The van der Waals surface area contributed by atoms with Crippen molar-refractivity contribution >= 4 is 17.8 Å². The molecular formula is C54H107NO5Zn. The summed E-state index contributed by atoms with van der Waals surface area (Å²) in [4.78, 5) is 31.0. The quantitative estimate of drug-likeness (QED) is 0.0481. The molecule has 0 atom stereocenters. The molecule has 0 aliphatic rings. The summed E-state index contributed by atoms with van der Waals surface area (Å²) in [5.41, 5.74) is 5.11. The van der Waals surface area contributed by atoms with Crippen molar-refractivity contribution in [2.45, 2.75) is 329 Å². The summed E-state index contributed by atoms with van der Waals surface area (Å²) >= 11 is 0. The van der Waals surface area contributed by atoms with Crippen LogP contribution in [0.4, 0.5) is 0 Å². The summed E-state index contributed by atoms with van der Waals surface area (Å²) in [5, 5.41) is 20.4. The minimum Gasteiger partial charge on any atom is -0.550 e. The van der Waals surface area contributed by atoms with Crippen molar-refractivity contribution in [3.8, 4) is 0 Å². The van der Waals surface area contributed by atoms with Crippen molar-refractivity contribution in [2.24, 2.45) is 5.73 Å². The fourth-order valence-corrected chi connectivity index (χ4v) is 7.95. The van der Waals surface area contributed by atoms with E-state index in [-0.39, 0.29) is 38.2 Å². The standard InChI is InChI=1S/C18H37NO.2C18H36O2.Zn/c3*1-2-3-4-5-6-7-8-9-10-11-12-13-14-15-16-17-18(19)20;/h2-17H2,1H3,(H2,19,20);2*2-17H2,1H3,(H,19,20);/q;;;+2/p-2. The first-order valence-electron chi connectivity index (χ1n) is 27.0. The predicted octanol–water partition coefficient (Wildman–Crippen LogP) is 15.7. The van der Waals surface area contributed by atoms with Crippen LogP contribution in [0.25, 0.3) is 0 Å². The Balaban J connectivity index is -0.000000396. The van der Waals surface area contributed by atoms with Crippen LogP contribution in [0.5, 0.6) is 0 Å². The summed E-state index contributed by atoms with van der Waals surface area (Å²) < 4.78 is 0. The van der Waals surface area contributed by atoms with Gasteiger partial charge in [-0.25, -0.2) is 0 Å². The predicted molar refractivity (Wildman–Crippen MR) is 258 cm³/mol. The van der Waals surface area contributed by atoms with Gasteiger partial charge in [0, 0.05) is 18.4 Å². The number of hydrogen-bond acceptors (Lipinski definition) is 5. The topological polar surface area (TPSA) is 123 Å². The van der Waals surface area contributed by atoms with Crippen LogP contribution in [0.2, 0.25) is 0 Å². The zero-order valence-electron chi connectivity index (χ0n) is 41.8. The average molecular weight is 916 g/mol. The van der Waals surface area contributed by atoms with E-state index in [4.69, 9.17) is 5.73 Å². The Hall–Kier alpha value is -0.967. The van der Waals surface area contributed by atoms with Crippen LogP contribution in [0.1, 0.15) is 329 Å². The number of aliphatic carboxylic acids is 2. The molecule has 1 amide bonds. The van der Waals surface area contributed by atoms with Gasteiger partial charge >= 0.3 is 19.5 Å². The van der Waals surface area contributed by atoms with Crippen LogP contribution >= 0.6 is 0 Å². The van der Waals surface area contributed by atoms with Crippen molar-refractivity contribution in [2.75, 3.05) is 0 Å². The third-order valence-corrected chi connectivity index (χ3v) is 12.0. The molecule has 0 fully saturated rings. The number of carboxylic acid groups (broad SMARTS) is 2. The zero-order valence-corrected chi connectivity index (χ0v) is 44.7. The summed E-state index contributed by atoms with van der Waals surface area (Å²) in [5.74, 6) is -1.96. The average Bonchev–Trinajstić information content (AvgIpc) is 3.22. The third kappa shape index (κ3) is 76.7. The number of nitrogens with two attached hydrogens (primary N) is 1. The molecule has 2 N–H and O–H groups in total. The van der Waals surface area contributed by atoms with E-state index in [0.717, 1.165) is 32.1 Å². The van der Waals surface area contributed by atoms with Gasteiger partial charge in [-0.1, -0.05) is 290 Å². The Morgan fingerprint density at radius 3 is 0.525 bits per heavy atom. The van der Waals surface area contributed by atoms with Gasteiger partial charge in [-0.15, -0.1) is 0 Å². The maximum atomic E-state index is 10.6. The van der Waals surface area contributed by atoms with Crippen molar-refractivity contribution in [1.29, 1.82) is 0 Å². The minimum absolute atomic E-state index is 0.